The fourth-order valence-corrected chi connectivity index (χ4v) is 5.90. The van der Waals surface area contributed by atoms with Crippen molar-refractivity contribution in [1.82, 2.24) is 0 Å². The molecule has 328 valence electrons. The van der Waals surface area contributed by atoms with E-state index in [2.05, 4.69) is 124 Å². The fraction of sp³-hybridized carbons (Fsp3) is 0.623. The van der Waals surface area contributed by atoms with Gasteiger partial charge in [-0.25, -0.2) is 0 Å². The fourth-order valence-electron chi connectivity index (χ4n) is 5.90. The van der Waals surface area contributed by atoms with Gasteiger partial charge in [0.25, 0.3) is 0 Å². The molecule has 5 nitrogen and oxygen atoms in total. The van der Waals surface area contributed by atoms with Gasteiger partial charge >= 0.3 is 11.9 Å². The second-order valence-corrected chi connectivity index (χ2v) is 14.9. The van der Waals surface area contributed by atoms with Crippen molar-refractivity contribution >= 4 is 11.9 Å². The zero-order valence-electron chi connectivity index (χ0n) is 37.5. The number of carbonyl (C=O) groups is 2. The first kappa shape index (κ1) is 54.6. The number of esters is 2. The van der Waals surface area contributed by atoms with Gasteiger partial charge in [0.15, 0.2) is 6.10 Å². The quantitative estimate of drug-likeness (QED) is 0.0350. The summed E-state index contributed by atoms with van der Waals surface area (Å²) in [6.07, 6.45) is 65.4. The topological polar surface area (TPSA) is 61.8 Å². The van der Waals surface area contributed by atoms with Crippen LogP contribution in [0.4, 0.5) is 0 Å². The van der Waals surface area contributed by atoms with Crippen LogP contribution in [-0.2, 0) is 23.8 Å². The van der Waals surface area contributed by atoms with Crippen molar-refractivity contribution in [3.63, 3.8) is 0 Å². The van der Waals surface area contributed by atoms with E-state index >= 15 is 0 Å². The molecule has 0 aromatic rings. The normalized spacial score (nSPS) is 13.2. The zero-order chi connectivity index (χ0) is 42.1. The van der Waals surface area contributed by atoms with Crippen LogP contribution in [0.3, 0.4) is 0 Å². The third-order valence-electron chi connectivity index (χ3n) is 9.32. The smallest absolute Gasteiger partial charge is 0.306 e. The Morgan fingerprint density at radius 2 is 0.810 bits per heavy atom. The molecule has 0 bridgehead atoms. The molecule has 0 aromatic heterocycles. The van der Waals surface area contributed by atoms with E-state index in [4.69, 9.17) is 14.2 Å². The van der Waals surface area contributed by atoms with E-state index < -0.39 is 6.10 Å². The number of ether oxygens (including phenoxy) is 3. The predicted molar refractivity (Wildman–Crippen MR) is 251 cm³/mol. The molecule has 0 heterocycles. The molecule has 1 unspecified atom stereocenters. The van der Waals surface area contributed by atoms with E-state index in [1.54, 1.807) is 0 Å². The molecule has 58 heavy (non-hydrogen) atoms. The number of carbonyl (C=O) groups excluding carboxylic acids is 2. The van der Waals surface area contributed by atoms with Gasteiger partial charge in [-0.1, -0.05) is 194 Å². The molecule has 0 N–H and O–H groups in total. The van der Waals surface area contributed by atoms with Gasteiger partial charge in [-0.05, 0) is 89.9 Å². The van der Waals surface area contributed by atoms with Gasteiger partial charge in [0.05, 0.1) is 6.61 Å². The highest BCUT2D eigenvalue weighted by molar-refractivity contribution is 5.70. The van der Waals surface area contributed by atoms with Crippen LogP contribution in [0.25, 0.3) is 0 Å². The highest BCUT2D eigenvalue weighted by Crippen LogP contribution is 2.13. The van der Waals surface area contributed by atoms with Gasteiger partial charge in [0.1, 0.15) is 6.61 Å². The van der Waals surface area contributed by atoms with Crippen LogP contribution in [0.1, 0.15) is 188 Å². The van der Waals surface area contributed by atoms with Crippen LogP contribution in [-0.4, -0.2) is 37.9 Å². The first-order chi connectivity index (χ1) is 28.6. The molecule has 0 aliphatic heterocycles. The minimum absolute atomic E-state index is 0.0249. The summed E-state index contributed by atoms with van der Waals surface area (Å²) in [5.41, 5.74) is 0. The average molecular weight is 803 g/mol. The molecule has 0 amide bonds. The van der Waals surface area contributed by atoms with E-state index in [-0.39, 0.29) is 25.2 Å². The Bertz CT molecular complexity index is 1180. The van der Waals surface area contributed by atoms with Crippen LogP contribution in [0.5, 0.6) is 0 Å². The maximum Gasteiger partial charge on any atom is 0.306 e. The number of rotatable bonds is 41. The van der Waals surface area contributed by atoms with Crippen molar-refractivity contribution in [3.05, 3.63) is 109 Å². The van der Waals surface area contributed by atoms with Gasteiger partial charge in [0.2, 0.25) is 0 Å². The predicted octanol–water partition coefficient (Wildman–Crippen LogP) is 15.7. The van der Waals surface area contributed by atoms with Crippen LogP contribution < -0.4 is 0 Å². The van der Waals surface area contributed by atoms with Crippen molar-refractivity contribution in [1.29, 1.82) is 0 Å². The average Bonchev–Trinajstić information content (AvgIpc) is 3.22. The summed E-state index contributed by atoms with van der Waals surface area (Å²) in [5.74, 6) is -0.523. The number of hydrogen-bond acceptors (Lipinski definition) is 5. The van der Waals surface area contributed by atoms with Crippen molar-refractivity contribution in [2.45, 2.75) is 194 Å². The molecule has 0 aromatic carbocycles. The molecule has 0 saturated carbocycles. The largest absolute Gasteiger partial charge is 0.462 e. The molecule has 1 atom stereocenters. The number of unbranched alkanes of at least 4 members (excludes halogenated alkanes) is 12. The van der Waals surface area contributed by atoms with Crippen molar-refractivity contribution in [2.24, 2.45) is 0 Å². The standard InChI is InChI=1S/C53H86O5/c1-4-7-10-13-16-19-22-24-25-26-27-28-30-33-36-39-42-45-48-56-49-51(58-53(55)47-44-41-38-35-31-21-18-15-12-9-6-3)50-57-52(54)46-43-40-37-34-32-29-23-20-17-14-11-8-5-2/h7-8,10-11,16-17,19-20,24-25,27-29,32-33,36-37,40,51H,4-6,9,12-15,18,21-23,26,30-31,34-35,38-39,41-50H2,1-3H3/b10-7-,11-8-,19-16-,20-17-,25-24-,28-27-,32-29-,36-33-,40-37-. The number of allylic oxidation sites excluding steroid dienone is 18. The Balaban J connectivity index is 4.44. The molecule has 5 heteroatoms. The molecule has 0 rings (SSSR count). The second kappa shape index (κ2) is 47.9. The van der Waals surface area contributed by atoms with E-state index in [1.165, 1.54) is 51.4 Å². The Hall–Kier alpha value is -3.44. The Morgan fingerprint density at radius 3 is 1.28 bits per heavy atom. The first-order valence-corrected chi connectivity index (χ1v) is 23.4. The van der Waals surface area contributed by atoms with E-state index in [9.17, 15) is 9.59 Å². The lowest BCUT2D eigenvalue weighted by Gasteiger charge is -2.18. The summed E-state index contributed by atoms with van der Waals surface area (Å²) in [6.45, 7) is 7.39. The molecule has 0 aliphatic rings. The third-order valence-corrected chi connectivity index (χ3v) is 9.32. The minimum Gasteiger partial charge on any atom is -0.462 e. The lowest BCUT2D eigenvalue weighted by molar-refractivity contribution is -0.162. The summed E-state index contributed by atoms with van der Waals surface area (Å²) in [5, 5.41) is 0. The van der Waals surface area contributed by atoms with Gasteiger partial charge in [-0.2, -0.15) is 0 Å². The molecule has 0 saturated heterocycles. The maximum absolute atomic E-state index is 12.7. The first-order valence-electron chi connectivity index (χ1n) is 23.4. The van der Waals surface area contributed by atoms with Gasteiger partial charge in [-0.15, -0.1) is 0 Å². The van der Waals surface area contributed by atoms with E-state index in [0.717, 1.165) is 96.3 Å². The molecule has 0 fully saturated rings. The summed E-state index contributed by atoms with van der Waals surface area (Å²) in [7, 11) is 0. The van der Waals surface area contributed by atoms with E-state index in [0.29, 0.717) is 25.9 Å². The highest BCUT2D eigenvalue weighted by Gasteiger charge is 2.17. The van der Waals surface area contributed by atoms with Gasteiger partial charge < -0.3 is 14.2 Å². The summed E-state index contributed by atoms with van der Waals surface area (Å²) >= 11 is 0. The Kier molecular flexibility index (Phi) is 45.1. The number of hydrogen-bond donors (Lipinski definition) is 0. The maximum atomic E-state index is 12.7. The highest BCUT2D eigenvalue weighted by atomic mass is 16.6. The molecule has 0 spiro atoms. The second-order valence-electron chi connectivity index (χ2n) is 14.9. The molecular formula is C53H86O5. The monoisotopic (exact) mass is 803 g/mol. The Morgan fingerprint density at radius 1 is 0.397 bits per heavy atom. The van der Waals surface area contributed by atoms with Crippen molar-refractivity contribution < 1.29 is 23.8 Å². The Labute approximate surface area is 357 Å². The van der Waals surface area contributed by atoms with Crippen LogP contribution in [0.15, 0.2) is 109 Å². The summed E-state index contributed by atoms with van der Waals surface area (Å²) < 4.78 is 17.2. The van der Waals surface area contributed by atoms with Crippen molar-refractivity contribution in [3.8, 4) is 0 Å². The van der Waals surface area contributed by atoms with Gasteiger partial charge in [0, 0.05) is 19.4 Å². The summed E-state index contributed by atoms with van der Waals surface area (Å²) in [4.78, 5) is 25.2. The van der Waals surface area contributed by atoms with E-state index in [1.807, 2.05) is 6.08 Å². The lowest BCUT2D eigenvalue weighted by Crippen LogP contribution is -2.30. The molecular weight excluding hydrogens is 717 g/mol. The lowest BCUT2D eigenvalue weighted by atomic mass is 10.1. The summed E-state index contributed by atoms with van der Waals surface area (Å²) in [6, 6.07) is 0. The van der Waals surface area contributed by atoms with Gasteiger partial charge in [-0.3, -0.25) is 9.59 Å². The minimum atomic E-state index is -0.590. The molecule has 0 radical (unpaired) electrons. The van der Waals surface area contributed by atoms with Crippen LogP contribution in [0, 0.1) is 0 Å². The van der Waals surface area contributed by atoms with Crippen LogP contribution in [0.2, 0.25) is 0 Å². The molecule has 0 aliphatic carbocycles. The van der Waals surface area contributed by atoms with Crippen LogP contribution >= 0.6 is 0 Å². The van der Waals surface area contributed by atoms with Crippen molar-refractivity contribution in [2.75, 3.05) is 19.8 Å². The third kappa shape index (κ3) is 45.3. The SMILES string of the molecule is CC/C=C\C/C=C\C/C=C\C/C=C\C/C=C\CCCCOCC(COC(=O)CC/C=C\C/C=C\C/C=C\C/C=C\CC)OC(=O)CCCCCCCCCCCCC. The zero-order valence-corrected chi connectivity index (χ0v) is 37.5.